The van der Waals surface area contributed by atoms with E-state index in [2.05, 4.69) is 21.2 Å². The molecule has 0 aliphatic rings. The molecule has 0 aromatic heterocycles. The van der Waals surface area contributed by atoms with Crippen molar-refractivity contribution in [2.24, 2.45) is 0 Å². The van der Waals surface area contributed by atoms with E-state index in [1.165, 1.54) is 0 Å². The van der Waals surface area contributed by atoms with Gasteiger partial charge in [-0.3, -0.25) is 4.79 Å². The highest BCUT2D eigenvalue weighted by Crippen LogP contribution is 2.36. The Hall–Kier alpha value is -2.05. The Morgan fingerprint density at radius 3 is 2.65 bits per heavy atom. The van der Waals surface area contributed by atoms with Crippen LogP contribution in [0.5, 0.6) is 11.5 Å². The van der Waals surface area contributed by atoms with Gasteiger partial charge < -0.3 is 19.5 Å². The minimum Gasteiger partial charge on any atom is -0.492 e. The lowest BCUT2D eigenvalue weighted by Gasteiger charge is -2.13. The first-order chi connectivity index (χ1) is 12.7. The van der Waals surface area contributed by atoms with Gasteiger partial charge in [-0.2, -0.15) is 0 Å². The van der Waals surface area contributed by atoms with Gasteiger partial charge in [0.15, 0.2) is 11.5 Å². The molecule has 0 radical (unpaired) electrons. The van der Waals surface area contributed by atoms with E-state index >= 15 is 0 Å². The van der Waals surface area contributed by atoms with Crippen molar-refractivity contribution in [3.8, 4) is 11.5 Å². The van der Waals surface area contributed by atoms with Crippen LogP contribution in [0, 0.1) is 0 Å². The van der Waals surface area contributed by atoms with Crippen molar-refractivity contribution in [3.63, 3.8) is 0 Å². The molecule has 0 saturated carbocycles. The molecule has 6 heteroatoms. The van der Waals surface area contributed by atoms with Gasteiger partial charge in [0, 0.05) is 18.7 Å². The summed E-state index contributed by atoms with van der Waals surface area (Å²) in [4.78, 5) is 12.3. The average molecular weight is 422 g/mol. The summed E-state index contributed by atoms with van der Waals surface area (Å²) >= 11 is 3.42. The second-order valence-electron chi connectivity index (χ2n) is 5.57. The number of methoxy groups -OCH3 is 1. The van der Waals surface area contributed by atoms with Crippen molar-refractivity contribution in [1.82, 2.24) is 5.32 Å². The van der Waals surface area contributed by atoms with Gasteiger partial charge in [-0.25, -0.2) is 0 Å². The Morgan fingerprint density at radius 1 is 1.19 bits per heavy atom. The highest BCUT2D eigenvalue weighted by Gasteiger charge is 2.15. The minimum absolute atomic E-state index is 0.155. The van der Waals surface area contributed by atoms with Gasteiger partial charge in [0.1, 0.15) is 0 Å². The Morgan fingerprint density at radius 2 is 1.96 bits per heavy atom. The smallest absolute Gasteiger partial charge is 0.251 e. The molecule has 0 saturated heterocycles. The highest BCUT2D eigenvalue weighted by atomic mass is 79.9. The first-order valence-electron chi connectivity index (χ1n) is 8.56. The minimum atomic E-state index is -0.155. The average Bonchev–Trinajstić information content (AvgIpc) is 2.65. The predicted octanol–water partition coefficient (Wildman–Crippen LogP) is 4.19. The van der Waals surface area contributed by atoms with Gasteiger partial charge in [0.25, 0.3) is 5.91 Å². The van der Waals surface area contributed by atoms with Crippen molar-refractivity contribution >= 4 is 21.8 Å². The van der Waals surface area contributed by atoms with Gasteiger partial charge in [-0.15, -0.1) is 0 Å². The number of hydrogen-bond acceptors (Lipinski definition) is 4. The number of benzene rings is 2. The number of carbonyl (C=O) groups excluding carboxylic acids is 1. The molecule has 140 valence electrons. The molecule has 1 N–H and O–H groups in total. The van der Waals surface area contributed by atoms with Crippen molar-refractivity contribution in [2.45, 2.75) is 20.0 Å². The molecule has 0 atom stereocenters. The van der Waals surface area contributed by atoms with Gasteiger partial charge in [-0.05, 0) is 47.0 Å². The largest absolute Gasteiger partial charge is 0.492 e. The van der Waals surface area contributed by atoms with E-state index < -0.39 is 0 Å². The van der Waals surface area contributed by atoms with E-state index in [0.29, 0.717) is 47.9 Å². The van der Waals surface area contributed by atoms with E-state index in [4.69, 9.17) is 14.2 Å². The first-order valence-corrected chi connectivity index (χ1v) is 9.35. The van der Waals surface area contributed by atoms with Crippen LogP contribution >= 0.6 is 15.9 Å². The van der Waals surface area contributed by atoms with Crippen molar-refractivity contribution in [1.29, 1.82) is 0 Å². The molecular weight excluding hydrogens is 398 g/mol. The molecule has 0 aliphatic carbocycles. The fraction of sp³-hybridized carbons (Fsp3) is 0.350. The quantitative estimate of drug-likeness (QED) is 0.584. The van der Waals surface area contributed by atoms with Crippen LogP contribution in [0.4, 0.5) is 0 Å². The van der Waals surface area contributed by atoms with Crippen LogP contribution in [0.3, 0.4) is 0 Å². The van der Waals surface area contributed by atoms with Crippen molar-refractivity contribution in [2.75, 3.05) is 26.9 Å². The lowest BCUT2D eigenvalue weighted by atomic mass is 10.2. The number of nitrogens with one attached hydrogen (secondary N) is 1. The fourth-order valence-corrected chi connectivity index (χ4v) is 3.01. The maximum absolute atomic E-state index is 12.3. The first kappa shape index (κ1) is 20.3. The van der Waals surface area contributed by atoms with Crippen LogP contribution in [0.25, 0.3) is 0 Å². The molecule has 0 fully saturated rings. The molecule has 26 heavy (non-hydrogen) atoms. The zero-order valence-electron chi connectivity index (χ0n) is 15.1. The van der Waals surface area contributed by atoms with E-state index in [1.807, 2.05) is 37.3 Å². The van der Waals surface area contributed by atoms with Crippen LogP contribution in [-0.2, 0) is 11.3 Å². The standard InChI is InChI=1S/C20H24BrNO4/c1-3-26-18-13-16(12-17(21)19(18)24-2)20(23)22-10-7-11-25-14-15-8-5-4-6-9-15/h4-6,8-9,12-13H,3,7,10-11,14H2,1-2H3,(H,22,23). The number of amides is 1. The summed E-state index contributed by atoms with van der Waals surface area (Å²) in [7, 11) is 1.57. The monoisotopic (exact) mass is 421 g/mol. The maximum Gasteiger partial charge on any atom is 0.251 e. The third-order valence-electron chi connectivity index (χ3n) is 3.64. The number of carbonyl (C=O) groups is 1. The second-order valence-corrected chi connectivity index (χ2v) is 6.42. The topological polar surface area (TPSA) is 56.8 Å². The summed E-state index contributed by atoms with van der Waals surface area (Å²) in [6.45, 7) is 4.09. The summed E-state index contributed by atoms with van der Waals surface area (Å²) < 4.78 is 17.1. The Bertz CT molecular complexity index is 706. The predicted molar refractivity (Wildman–Crippen MR) is 105 cm³/mol. The van der Waals surface area contributed by atoms with Crippen LogP contribution in [0.15, 0.2) is 46.9 Å². The van der Waals surface area contributed by atoms with Crippen LogP contribution in [0.1, 0.15) is 29.3 Å². The van der Waals surface area contributed by atoms with Gasteiger partial charge in [-0.1, -0.05) is 30.3 Å². The van der Waals surface area contributed by atoms with Crippen LogP contribution < -0.4 is 14.8 Å². The van der Waals surface area contributed by atoms with Crippen LogP contribution in [0.2, 0.25) is 0 Å². The molecule has 2 aromatic rings. The Kier molecular flexibility index (Phi) is 8.44. The fourth-order valence-electron chi connectivity index (χ4n) is 2.40. The summed E-state index contributed by atoms with van der Waals surface area (Å²) in [5, 5.41) is 2.90. The second kappa shape index (κ2) is 10.8. The summed E-state index contributed by atoms with van der Waals surface area (Å²) in [5.41, 5.74) is 1.66. The summed E-state index contributed by atoms with van der Waals surface area (Å²) in [6, 6.07) is 13.4. The molecule has 0 heterocycles. The van der Waals surface area contributed by atoms with Crippen LogP contribution in [-0.4, -0.2) is 32.8 Å². The maximum atomic E-state index is 12.3. The Balaban J connectivity index is 1.78. The number of hydrogen-bond donors (Lipinski definition) is 1. The van der Waals surface area contributed by atoms with E-state index in [9.17, 15) is 4.79 Å². The third kappa shape index (κ3) is 6.04. The molecule has 0 bridgehead atoms. The lowest BCUT2D eigenvalue weighted by molar-refractivity contribution is 0.0934. The van der Waals surface area contributed by atoms with Gasteiger partial charge in [0.2, 0.25) is 0 Å². The van der Waals surface area contributed by atoms with E-state index in [0.717, 1.165) is 12.0 Å². The molecule has 1 amide bonds. The molecule has 5 nitrogen and oxygen atoms in total. The van der Waals surface area contributed by atoms with Gasteiger partial charge in [0.05, 0.1) is 24.8 Å². The number of rotatable bonds is 10. The molecule has 0 unspecified atom stereocenters. The Labute approximate surface area is 162 Å². The highest BCUT2D eigenvalue weighted by molar-refractivity contribution is 9.10. The SMILES string of the molecule is CCOc1cc(C(=O)NCCCOCc2ccccc2)cc(Br)c1OC. The zero-order valence-corrected chi connectivity index (χ0v) is 16.7. The van der Waals surface area contributed by atoms with Gasteiger partial charge >= 0.3 is 0 Å². The summed E-state index contributed by atoms with van der Waals surface area (Å²) in [5.74, 6) is 0.968. The molecular formula is C20H24BrNO4. The zero-order chi connectivity index (χ0) is 18.8. The van der Waals surface area contributed by atoms with Crippen molar-refractivity contribution in [3.05, 3.63) is 58.1 Å². The number of ether oxygens (including phenoxy) is 3. The van der Waals surface area contributed by atoms with E-state index in [-0.39, 0.29) is 5.91 Å². The van der Waals surface area contributed by atoms with Crippen molar-refractivity contribution < 1.29 is 19.0 Å². The summed E-state index contributed by atoms with van der Waals surface area (Å²) in [6.07, 6.45) is 0.744. The molecule has 0 spiro atoms. The molecule has 2 rings (SSSR count). The van der Waals surface area contributed by atoms with E-state index in [1.54, 1.807) is 19.2 Å². The lowest BCUT2D eigenvalue weighted by Crippen LogP contribution is -2.25. The molecule has 2 aromatic carbocycles. The molecule has 0 aliphatic heterocycles. The third-order valence-corrected chi connectivity index (χ3v) is 4.23. The number of halogens is 1. The normalized spacial score (nSPS) is 10.4.